The second-order valence-electron chi connectivity index (χ2n) is 13.2. The smallest absolute Gasteiger partial charge is 0.410 e. The summed E-state index contributed by atoms with van der Waals surface area (Å²) >= 11 is 0. The Balaban J connectivity index is 0.000000236. The molecule has 2 aromatic rings. The molecule has 2 N–H and O–H groups in total. The molecule has 0 spiro atoms. The lowest BCUT2D eigenvalue weighted by atomic mass is 9.86. The minimum absolute atomic E-state index is 0.0719. The van der Waals surface area contributed by atoms with Crippen molar-refractivity contribution in [3.63, 3.8) is 0 Å². The van der Waals surface area contributed by atoms with Crippen LogP contribution in [-0.2, 0) is 16.1 Å². The topological polar surface area (TPSA) is 117 Å². The number of carbonyl (C=O) groups is 3. The van der Waals surface area contributed by atoms with Gasteiger partial charge in [0.15, 0.2) is 0 Å². The number of hydrogen-bond acceptors (Lipinski definition) is 6. The van der Waals surface area contributed by atoms with Gasteiger partial charge < -0.3 is 29.5 Å². The number of benzene rings is 2. The van der Waals surface area contributed by atoms with E-state index in [2.05, 4.69) is 6.07 Å². The van der Waals surface area contributed by atoms with Crippen molar-refractivity contribution in [3.8, 4) is 0 Å². The molecular weight excluding hydrogens is 548 g/mol. The molecule has 2 aromatic carbocycles. The highest BCUT2D eigenvalue weighted by Gasteiger charge is 2.30. The van der Waals surface area contributed by atoms with Gasteiger partial charge in [-0.25, -0.2) is 14.4 Å². The van der Waals surface area contributed by atoms with Crippen LogP contribution in [0.2, 0.25) is 0 Å². The Kier molecular flexibility index (Phi) is 11.6. The van der Waals surface area contributed by atoms with Crippen molar-refractivity contribution in [2.45, 2.75) is 96.9 Å². The maximum Gasteiger partial charge on any atom is 0.410 e. The van der Waals surface area contributed by atoms with Crippen molar-refractivity contribution < 1.29 is 34.1 Å². The first-order valence-corrected chi connectivity index (χ1v) is 15.1. The average Bonchev–Trinajstić information content (AvgIpc) is 2.96. The number of carbonyl (C=O) groups excluding carboxylic acids is 2. The Morgan fingerprint density at radius 1 is 0.698 bits per heavy atom. The number of amides is 2. The predicted octanol–water partition coefficient (Wildman–Crippen LogP) is 6.79. The molecule has 0 saturated carbocycles. The number of piperidine rings is 2. The number of likely N-dealkylation sites (tertiary alicyclic amines) is 2. The second kappa shape index (κ2) is 14.7. The average molecular weight is 597 g/mol. The fraction of sp³-hybridized carbons (Fsp3) is 0.559. The minimum atomic E-state index is -0.898. The largest absolute Gasteiger partial charge is 0.478 e. The number of aliphatic hydroxyl groups excluding tert-OH is 1. The van der Waals surface area contributed by atoms with Crippen molar-refractivity contribution >= 4 is 18.2 Å². The first-order chi connectivity index (χ1) is 20.2. The third kappa shape index (κ3) is 10.3. The van der Waals surface area contributed by atoms with Crippen molar-refractivity contribution in [1.82, 2.24) is 9.80 Å². The lowest BCUT2D eigenvalue weighted by Gasteiger charge is -2.34. The molecule has 4 rings (SSSR count). The number of hydrogen-bond donors (Lipinski definition) is 2. The molecule has 9 heteroatoms. The summed E-state index contributed by atoms with van der Waals surface area (Å²) < 4.78 is 10.8. The van der Waals surface area contributed by atoms with Gasteiger partial charge in [-0.2, -0.15) is 0 Å². The van der Waals surface area contributed by atoms with Crippen LogP contribution < -0.4 is 0 Å². The molecule has 2 aliphatic rings. The van der Waals surface area contributed by atoms with Gasteiger partial charge in [0.05, 0.1) is 12.2 Å². The SMILES string of the molecule is CC(C)(C)OC(=O)N1CCC(c2ccccc2C(=O)O)CC1.CC(C)(C)OC(=O)N1CCC(c2ccccc2CO)CC1. The highest BCUT2D eigenvalue weighted by molar-refractivity contribution is 5.89. The number of carboxylic acid groups (broad SMARTS) is 1. The molecule has 2 aliphatic heterocycles. The van der Waals surface area contributed by atoms with Crippen LogP contribution in [-0.4, -0.2) is 75.5 Å². The number of aromatic carboxylic acids is 1. The fourth-order valence-electron chi connectivity index (χ4n) is 5.52. The molecule has 0 unspecified atom stereocenters. The fourth-order valence-corrected chi connectivity index (χ4v) is 5.52. The zero-order valence-electron chi connectivity index (χ0n) is 26.5. The molecular formula is C34H48N2O7. The van der Waals surface area contributed by atoms with E-state index in [0.717, 1.165) is 36.8 Å². The monoisotopic (exact) mass is 596 g/mol. The molecule has 0 aromatic heterocycles. The molecule has 0 atom stereocenters. The van der Waals surface area contributed by atoms with E-state index in [1.807, 2.05) is 71.9 Å². The van der Waals surface area contributed by atoms with Crippen LogP contribution in [0, 0.1) is 0 Å². The van der Waals surface area contributed by atoms with Crippen LogP contribution >= 0.6 is 0 Å². The van der Waals surface area contributed by atoms with Crippen molar-refractivity contribution in [1.29, 1.82) is 0 Å². The molecule has 0 bridgehead atoms. The van der Waals surface area contributed by atoms with Crippen LogP contribution in [0.25, 0.3) is 0 Å². The van der Waals surface area contributed by atoms with Crippen LogP contribution in [0.4, 0.5) is 9.59 Å². The first kappa shape index (κ1) is 33.9. The van der Waals surface area contributed by atoms with E-state index in [9.17, 15) is 24.6 Å². The van der Waals surface area contributed by atoms with Gasteiger partial charge >= 0.3 is 18.2 Å². The van der Waals surface area contributed by atoms with Crippen LogP contribution in [0.5, 0.6) is 0 Å². The summed E-state index contributed by atoms with van der Waals surface area (Å²) in [5.41, 5.74) is 2.48. The van der Waals surface area contributed by atoms with Gasteiger partial charge in [0.2, 0.25) is 0 Å². The van der Waals surface area contributed by atoms with Crippen LogP contribution in [0.1, 0.15) is 106 Å². The van der Waals surface area contributed by atoms with Gasteiger partial charge in [-0.15, -0.1) is 0 Å². The van der Waals surface area contributed by atoms with E-state index in [1.165, 1.54) is 5.56 Å². The normalized spacial score (nSPS) is 16.6. The number of carboxylic acids is 1. The Hall–Kier alpha value is -3.59. The lowest BCUT2D eigenvalue weighted by Crippen LogP contribution is -2.41. The highest BCUT2D eigenvalue weighted by Crippen LogP contribution is 2.32. The highest BCUT2D eigenvalue weighted by atomic mass is 16.6. The zero-order valence-corrected chi connectivity index (χ0v) is 26.5. The van der Waals surface area contributed by atoms with Crippen molar-refractivity contribution in [2.75, 3.05) is 26.2 Å². The lowest BCUT2D eigenvalue weighted by molar-refractivity contribution is 0.0194. The summed E-state index contributed by atoms with van der Waals surface area (Å²) in [7, 11) is 0. The van der Waals surface area contributed by atoms with E-state index in [-0.39, 0.29) is 24.7 Å². The quantitative estimate of drug-likeness (QED) is 0.399. The summed E-state index contributed by atoms with van der Waals surface area (Å²) in [6.07, 6.45) is 2.81. The van der Waals surface area contributed by atoms with Crippen LogP contribution in [0.15, 0.2) is 48.5 Å². The van der Waals surface area contributed by atoms with Gasteiger partial charge in [-0.3, -0.25) is 0 Å². The van der Waals surface area contributed by atoms with E-state index < -0.39 is 17.2 Å². The summed E-state index contributed by atoms with van der Waals surface area (Å²) in [5.74, 6) is -0.316. The van der Waals surface area contributed by atoms with Gasteiger partial charge in [-0.1, -0.05) is 42.5 Å². The number of aliphatic hydroxyl groups is 1. The van der Waals surface area contributed by atoms with Gasteiger partial charge in [0.25, 0.3) is 0 Å². The molecule has 2 fully saturated rings. The van der Waals surface area contributed by atoms with Gasteiger partial charge in [-0.05, 0) is 102 Å². The third-order valence-electron chi connectivity index (χ3n) is 7.59. The molecule has 43 heavy (non-hydrogen) atoms. The summed E-state index contributed by atoms with van der Waals surface area (Å²) in [6.45, 7) is 13.9. The van der Waals surface area contributed by atoms with E-state index in [0.29, 0.717) is 37.7 Å². The Morgan fingerprint density at radius 3 is 1.51 bits per heavy atom. The third-order valence-corrected chi connectivity index (χ3v) is 7.59. The minimum Gasteiger partial charge on any atom is -0.478 e. The number of rotatable bonds is 4. The zero-order chi connectivity index (χ0) is 31.8. The maximum absolute atomic E-state index is 12.0. The maximum atomic E-state index is 12.0. The van der Waals surface area contributed by atoms with E-state index >= 15 is 0 Å². The van der Waals surface area contributed by atoms with Gasteiger partial charge in [0, 0.05) is 26.2 Å². The molecule has 0 radical (unpaired) electrons. The van der Waals surface area contributed by atoms with Crippen LogP contribution in [0.3, 0.4) is 0 Å². The summed E-state index contributed by atoms with van der Waals surface area (Å²) in [5, 5.41) is 18.7. The molecule has 2 heterocycles. The summed E-state index contributed by atoms with van der Waals surface area (Å²) in [4.78, 5) is 38.9. The van der Waals surface area contributed by atoms with Crippen molar-refractivity contribution in [2.24, 2.45) is 0 Å². The van der Waals surface area contributed by atoms with E-state index in [4.69, 9.17) is 9.47 Å². The second-order valence-corrected chi connectivity index (χ2v) is 13.2. The molecule has 9 nitrogen and oxygen atoms in total. The molecule has 0 aliphatic carbocycles. The Morgan fingerprint density at radius 2 is 1.09 bits per heavy atom. The van der Waals surface area contributed by atoms with E-state index in [1.54, 1.807) is 21.9 Å². The first-order valence-electron chi connectivity index (χ1n) is 15.1. The molecule has 236 valence electrons. The molecule has 2 amide bonds. The molecule has 2 saturated heterocycles. The standard InChI is InChI=1S/C17H23NO4.C17H25NO3/c1-17(2,3)22-16(21)18-10-8-12(9-11-18)13-6-4-5-7-14(13)15(19)20;1-17(2,3)21-16(20)18-10-8-13(9-11-18)15-7-5-4-6-14(15)12-19/h4-7,12H,8-11H2,1-3H3,(H,19,20);4-7,13,19H,8-12H2,1-3H3. The number of ether oxygens (including phenoxy) is 2. The Labute approximate surface area is 255 Å². The van der Waals surface area contributed by atoms with Gasteiger partial charge in [0.1, 0.15) is 11.2 Å². The Bertz CT molecular complexity index is 1230. The van der Waals surface area contributed by atoms with Crippen molar-refractivity contribution in [3.05, 3.63) is 70.8 Å². The number of nitrogens with zero attached hydrogens (tertiary/aromatic N) is 2. The summed E-state index contributed by atoms with van der Waals surface area (Å²) in [6, 6.07) is 15.1. The predicted molar refractivity (Wildman–Crippen MR) is 165 cm³/mol.